The molecule has 0 aromatic heterocycles. The average molecular weight is 239 g/mol. The highest BCUT2D eigenvalue weighted by molar-refractivity contribution is 4.89. The van der Waals surface area contributed by atoms with E-state index in [1.807, 2.05) is 0 Å². The van der Waals surface area contributed by atoms with Crippen LogP contribution in [0.4, 0.5) is 0 Å². The van der Waals surface area contributed by atoms with Crippen LogP contribution < -0.4 is 5.32 Å². The van der Waals surface area contributed by atoms with Gasteiger partial charge >= 0.3 is 0 Å². The van der Waals surface area contributed by atoms with Crippen molar-refractivity contribution in [2.24, 2.45) is 0 Å². The highest BCUT2D eigenvalue weighted by atomic mass is 15.2. The lowest BCUT2D eigenvalue weighted by Crippen LogP contribution is -2.35. The van der Waals surface area contributed by atoms with Crippen LogP contribution in [-0.2, 0) is 0 Å². The predicted octanol–water partition coefficient (Wildman–Crippen LogP) is 1.54. The third-order valence-electron chi connectivity index (χ3n) is 4.19. The second kappa shape index (κ2) is 6.17. The van der Waals surface area contributed by atoms with Gasteiger partial charge in [0.25, 0.3) is 0 Å². The molecule has 0 spiro atoms. The Bertz CT molecular complexity index is 226. The molecule has 2 rings (SSSR count). The summed E-state index contributed by atoms with van der Waals surface area (Å²) in [7, 11) is 2.23. The number of hydrogen-bond donors (Lipinski definition) is 1. The van der Waals surface area contributed by atoms with Gasteiger partial charge in [-0.3, -0.25) is 0 Å². The zero-order chi connectivity index (χ0) is 12.3. The maximum Gasteiger partial charge on any atom is 0.0209 e. The van der Waals surface area contributed by atoms with E-state index in [1.54, 1.807) is 0 Å². The van der Waals surface area contributed by atoms with Crippen LogP contribution in [0.1, 0.15) is 39.5 Å². The Labute approximate surface area is 107 Å². The molecule has 1 N–H and O–H groups in total. The molecule has 0 aromatic carbocycles. The van der Waals surface area contributed by atoms with Crippen LogP contribution in [0.5, 0.6) is 0 Å². The highest BCUT2D eigenvalue weighted by Crippen LogP contribution is 2.21. The van der Waals surface area contributed by atoms with E-state index >= 15 is 0 Å². The molecule has 1 saturated carbocycles. The van der Waals surface area contributed by atoms with Gasteiger partial charge in [-0.1, -0.05) is 0 Å². The second-order valence-corrected chi connectivity index (χ2v) is 6.16. The first-order chi connectivity index (χ1) is 8.15. The van der Waals surface area contributed by atoms with Gasteiger partial charge < -0.3 is 15.1 Å². The second-order valence-electron chi connectivity index (χ2n) is 6.16. The van der Waals surface area contributed by atoms with Gasteiger partial charge in [0.15, 0.2) is 0 Å². The van der Waals surface area contributed by atoms with Gasteiger partial charge in [-0.25, -0.2) is 0 Å². The molecule has 0 radical (unpaired) electrons. The van der Waals surface area contributed by atoms with Crippen molar-refractivity contribution in [1.29, 1.82) is 0 Å². The first kappa shape index (κ1) is 13.3. The van der Waals surface area contributed by atoms with Crippen molar-refractivity contribution in [3.8, 4) is 0 Å². The number of nitrogens with one attached hydrogen (secondary N) is 1. The zero-order valence-corrected chi connectivity index (χ0v) is 11.8. The smallest absolute Gasteiger partial charge is 0.0209 e. The van der Waals surface area contributed by atoms with E-state index in [0.717, 1.165) is 12.1 Å². The van der Waals surface area contributed by atoms with Crippen molar-refractivity contribution in [1.82, 2.24) is 15.1 Å². The molecule has 1 aliphatic heterocycles. The summed E-state index contributed by atoms with van der Waals surface area (Å²) < 4.78 is 0. The fourth-order valence-corrected chi connectivity index (χ4v) is 2.56. The molecular weight excluding hydrogens is 210 g/mol. The quantitative estimate of drug-likeness (QED) is 0.727. The normalized spacial score (nSPS) is 26.3. The van der Waals surface area contributed by atoms with Crippen molar-refractivity contribution < 1.29 is 0 Å². The van der Waals surface area contributed by atoms with E-state index < -0.39 is 0 Å². The van der Waals surface area contributed by atoms with E-state index in [0.29, 0.717) is 6.04 Å². The minimum Gasteiger partial charge on any atom is -0.310 e. The molecule has 2 aliphatic rings. The summed E-state index contributed by atoms with van der Waals surface area (Å²) in [6.45, 7) is 9.63. The molecule has 1 atom stereocenters. The Morgan fingerprint density at radius 1 is 1.24 bits per heavy atom. The number of rotatable bonds is 7. The Hall–Kier alpha value is -0.120. The molecule has 3 heteroatoms. The maximum absolute atomic E-state index is 3.75. The molecule has 100 valence electrons. The van der Waals surface area contributed by atoms with E-state index in [1.165, 1.54) is 51.9 Å². The molecule has 3 nitrogen and oxygen atoms in total. The van der Waals surface area contributed by atoms with Crippen LogP contribution >= 0.6 is 0 Å². The van der Waals surface area contributed by atoms with Gasteiger partial charge in [-0.05, 0) is 66.2 Å². The van der Waals surface area contributed by atoms with Crippen molar-refractivity contribution >= 4 is 0 Å². The largest absolute Gasteiger partial charge is 0.310 e. The number of nitrogens with zero attached hydrogens (tertiary/aromatic N) is 2. The summed E-state index contributed by atoms with van der Waals surface area (Å²) in [6.07, 6.45) is 5.49. The number of hydrogen-bond acceptors (Lipinski definition) is 3. The van der Waals surface area contributed by atoms with Crippen LogP contribution in [0.3, 0.4) is 0 Å². The monoisotopic (exact) mass is 239 g/mol. The molecular formula is C14H29N3. The van der Waals surface area contributed by atoms with Gasteiger partial charge in [0.05, 0.1) is 0 Å². The van der Waals surface area contributed by atoms with Crippen molar-refractivity contribution in [2.75, 3.05) is 33.2 Å². The van der Waals surface area contributed by atoms with Gasteiger partial charge in [0.1, 0.15) is 0 Å². The lowest BCUT2D eigenvalue weighted by molar-refractivity contribution is 0.243. The minimum absolute atomic E-state index is 0.679. The standard InChI is InChI=1S/C14H29N3/c1-12(2)16(3)8-4-9-17-10-7-14(11-17)15-13-5-6-13/h12-15H,4-11H2,1-3H3. The van der Waals surface area contributed by atoms with Gasteiger partial charge in [-0.15, -0.1) is 0 Å². The Kier molecular flexibility index (Phi) is 4.83. The molecule has 0 aromatic rings. The van der Waals surface area contributed by atoms with Gasteiger partial charge in [-0.2, -0.15) is 0 Å². The van der Waals surface area contributed by atoms with Crippen LogP contribution in [0.2, 0.25) is 0 Å². The van der Waals surface area contributed by atoms with E-state index in [4.69, 9.17) is 0 Å². The van der Waals surface area contributed by atoms with Crippen LogP contribution in [0.15, 0.2) is 0 Å². The SMILES string of the molecule is CC(C)N(C)CCCN1CCC(NC2CC2)C1. The molecule has 17 heavy (non-hydrogen) atoms. The van der Waals surface area contributed by atoms with E-state index in [9.17, 15) is 0 Å². The molecule has 0 amide bonds. The summed E-state index contributed by atoms with van der Waals surface area (Å²) in [5.41, 5.74) is 0. The lowest BCUT2D eigenvalue weighted by atomic mass is 10.2. The molecule has 1 heterocycles. The van der Waals surface area contributed by atoms with Crippen molar-refractivity contribution in [2.45, 2.75) is 57.7 Å². The zero-order valence-electron chi connectivity index (χ0n) is 11.8. The van der Waals surface area contributed by atoms with Crippen molar-refractivity contribution in [3.05, 3.63) is 0 Å². The summed E-state index contributed by atoms with van der Waals surface area (Å²) in [6, 6.07) is 2.33. The fourth-order valence-electron chi connectivity index (χ4n) is 2.56. The Balaban J connectivity index is 1.54. The third kappa shape index (κ3) is 4.57. The van der Waals surface area contributed by atoms with Crippen LogP contribution in [0.25, 0.3) is 0 Å². The first-order valence-electron chi connectivity index (χ1n) is 7.34. The molecule has 1 unspecified atom stereocenters. The van der Waals surface area contributed by atoms with Gasteiger partial charge in [0, 0.05) is 24.7 Å². The van der Waals surface area contributed by atoms with E-state index in [-0.39, 0.29) is 0 Å². The summed E-state index contributed by atoms with van der Waals surface area (Å²) in [5.74, 6) is 0. The van der Waals surface area contributed by atoms with Crippen molar-refractivity contribution in [3.63, 3.8) is 0 Å². The minimum atomic E-state index is 0.679. The average Bonchev–Trinajstić information content (AvgIpc) is 2.98. The Morgan fingerprint density at radius 3 is 2.65 bits per heavy atom. The molecule has 2 fully saturated rings. The first-order valence-corrected chi connectivity index (χ1v) is 7.34. The predicted molar refractivity (Wildman–Crippen MR) is 73.4 cm³/mol. The van der Waals surface area contributed by atoms with E-state index in [2.05, 4.69) is 36.0 Å². The maximum atomic E-state index is 3.75. The Morgan fingerprint density at radius 2 is 2.00 bits per heavy atom. The molecule has 1 saturated heterocycles. The lowest BCUT2D eigenvalue weighted by Gasteiger charge is -2.23. The summed E-state index contributed by atoms with van der Waals surface area (Å²) in [5, 5.41) is 3.75. The number of likely N-dealkylation sites (tertiary alicyclic amines) is 1. The highest BCUT2D eigenvalue weighted by Gasteiger charge is 2.28. The fraction of sp³-hybridized carbons (Fsp3) is 1.00. The summed E-state index contributed by atoms with van der Waals surface area (Å²) >= 11 is 0. The summed E-state index contributed by atoms with van der Waals surface area (Å²) in [4.78, 5) is 5.07. The van der Waals surface area contributed by atoms with Crippen LogP contribution in [-0.4, -0.2) is 61.2 Å². The molecule has 1 aliphatic carbocycles. The molecule has 0 bridgehead atoms. The van der Waals surface area contributed by atoms with Crippen LogP contribution in [0, 0.1) is 0 Å². The third-order valence-corrected chi connectivity index (χ3v) is 4.19. The topological polar surface area (TPSA) is 18.5 Å². The van der Waals surface area contributed by atoms with Gasteiger partial charge in [0.2, 0.25) is 0 Å².